The molecule has 3 N–H and O–H groups in total. The smallest absolute Gasteiger partial charge is 0.306 e. The molecule has 2 rings (SSSR count). The van der Waals surface area contributed by atoms with Crippen LogP contribution in [-0.2, 0) is 9.59 Å². The Morgan fingerprint density at radius 3 is 2.30 bits per heavy atom. The van der Waals surface area contributed by atoms with Crippen LogP contribution in [-0.4, -0.2) is 35.2 Å². The summed E-state index contributed by atoms with van der Waals surface area (Å²) in [5.41, 5.74) is -0.154. The molecule has 5 heteroatoms. The standard InChI is InChI=1S/C15H25NO4/c17-10-15(6-2-1-3-7-15)9-16-13(18)11-4-5-12(8-11)14(19)20/h11-12,17H,1-10H2,(H,16,18)(H,19,20). The SMILES string of the molecule is O=C(O)C1CCC(C(=O)NCC2(CO)CCCCC2)C1. The van der Waals surface area contributed by atoms with E-state index in [1.807, 2.05) is 0 Å². The van der Waals surface area contributed by atoms with Gasteiger partial charge in [-0.2, -0.15) is 0 Å². The van der Waals surface area contributed by atoms with Crippen molar-refractivity contribution < 1.29 is 19.8 Å². The number of carbonyl (C=O) groups excluding carboxylic acids is 1. The molecule has 2 fully saturated rings. The maximum absolute atomic E-state index is 12.1. The van der Waals surface area contributed by atoms with E-state index in [1.54, 1.807) is 0 Å². The lowest BCUT2D eigenvalue weighted by molar-refractivity contribution is -0.141. The lowest BCUT2D eigenvalue weighted by Crippen LogP contribution is -2.43. The van der Waals surface area contributed by atoms with Gasteiger partial charge in [-0.1, -0.05) is 19.3 Å². The van der Waals surface area contributed by atoms with Crippen molar-refractivity contribution >= 4 is 11.9 Å². The van der Waals surface area contributed by atoms with Gasteiger partial charge in [0.2, 0.25) is 5.91 Å². The molecule has 0 aromatic carbocycles. The number of hydrogen-bond acceptors (Lipinski definition) is 3. The van der Waals surface area contributed by atoms with E-state index in [0.717, 1.165) is 25.7 Å². The number of amides is 1. The molecular formula is C15H25NO4. The number of rotatable bonds is 5. The first-order valence-electron chi connectivity index (χ1n) is 7.68. The predicted molar refractivity (Wildman–Crippen MR) is 74.1 cm³/mol. The number of carboxylic acids is 1. The van der Waals surface area contributed by atoms with E-state index >= 15 is 0 Å². The normalized spacial score (nSPS) is 29.1. The number of carbonyl (C=O) groups is 2. The van der Waals surface area contributed by atoms with Crippen LogP contribution < -0.4 is 5.32 Å². The van der Waals surface area contributed by atoms with Gasteiger partial charge in [-0.3, -0.25) is 9.59 Å². The lowest BCUT2D eigenvalue weighted by atomic mass is 9.74. The number of aliphatic carboxylic acids is 1. The highest BCUT2D eigenvalue weighted by Gasteiger charge is 2.36. The zero-order chi connectivity index (χ0) is 14.6. The third-order valence-corrected chi connectivity index (χ3v) is 5.04. The summed E-state index contributed by atoms with van der Waals surface area (Å²) in [6, 6.07) is 0. The van der Waals surface area contributed by atoms with Gasteiger partial charge in [0.05, 0.1) is 12.5 Å². The van der Waals surface area contributed by atoms with Crippen LogP contribution in [0.3, 0.4) is 0 Å². The second-order valence-corrected chi connectivity index (χ2v) is 6.48. The molecule has 2 aliphatic rings. The molecule has 0 aliphatic heterocycles. The maximum Gasteiger partial charge on any atom is 0.306 e. The largest absolute Gasteiger partial charge is 0.481 e. The Morgan fingerprint density at radius 1 is 1.10 bits per heavy atom. The highest BCUT2D eigenvalue weighted by Crippen LogP contribution is 2.36. The second-order valence-electron chi connectivity index (χ2n) is 6.48. The van der Waals surface area contributed by atoms with Crippen molar-refractivity contribution in [3.05, 3.63) is 0 Å². The quantitative estimate of drug-likeness (QED) is 0.714. The Balaban J connectivity index is 1.81. The van der Waals surface area contributed by atoms with Gasteiger partial charge >= 0.3 is 5.97 Å². The first-order valence-corrected chi connectivity index (χ1v) is 7.68. The fourth-order valence-corrected chi connectivity index (χ4v) is 3.56. The van der Waals surface area contributed by atoms with Crippen molar-refractivity contribution in [2.45, 2.75) is 51.4 Å². The predicted octanol–water partition coefficient (Wildman–Crippen LogP) is 1.55. The van der Waals surface area contributed by atoms with E-state index in [9.17, 15) is 14.7 Å². The van der Waals surface area contributed by atoms with Gasteiger partial charge < -0.3 is 15.5 Å². The van der Waals surface area contributed by atoms with Crippen LogP contribution in [0.15, 0.2) is 0 Å². The molecular weight excluding hydrogens is 258 g/mol. The van der Waals surface area contributed by atoms with Crippen LogP contribution in [0.2, 0.25) is 0 Å². The summed E-state index contributed by atoms with van der Waals surface area (Å²) >= 11 is 0. The summed E-state index contributed by atoms with van der Waals surface area (Å²) in [5, 5.41) is 21.5. The fourth-order valence-electron chi connectivity index (χ4n) is 3.56. The number of aliphatic hydroxyl groups is 1. The molecule has 0 aromatic heterocycles. The third-order valence-electron chi connectivity index (χ3n) is 5.04. The molecule has 5 nitrogen and oxygen atoms in total. The molecule has 114 valence electrons. The summed E-state index contributed by atoms with van der Waals surface area (Å²) < 4.78 is 0. The van der Waals surface area contributed by atoms with Crippen LogP contribution in [0.25, 0.3) is 0 Å². The molecule has 0 heterocycles. The van der Waals surface area contributed by atoms with Crippen molar-refractivity contribution in [2.24, 2.45) is 17.3 Å². The minimum atomic E-state index is -0.792. The Labute approximate surface area is 119 Å². The Bertz CT molecular complexity index is 363. The maximum atomic E-state index is 12.1. The van der Waals surface area contributed by atoms with Crippen LogP contribution in [0.5, 0.6) is 0 Å². The zero-order valence-corrected chi connectivity index (χ0v) is 11.9. The highest BCUT2D eigenvalue weighted by atomic mass is 16.4. The summed E-state index contributed by atoms with van der Waals surface area (Å²) in [4.78, 5) is 23.0. The second kappa shape index (κ2) is 6.57. The summed E-state index contributed by atoms with van der Waals surface area (Å²) in [6.45, 7) is 0.645. The number of hydrogen-bond donors (Lipinski definition) is 3. The van der Waals surface area contributed by atoms with Crippen molar-refractivity contribution in [1.82, 2.24) is 5.32 Å². The van der Waals surface area contributed by atoms with Crippen molar-refractivity contribution in [1.29, 1.82) is 0 Å². The van der Waals surface area contributed by atoms with Crippen molar-refractivity contribution in [3.8, 4) is 0 Å². The van der Waals surface area contributed by atoms with E-state index in [4.69, 9.17) is 5.11 Å². The summed E-state index contributed by atoms with van der Waals surface area (Å²) in [5.74, 6) is -1.37. The van der Waals surface area contributed by atoms with E-state index < -0.39 is 5.97 Å². The summed E-state index contributed by atoms with van der Waals surface area (Å²) in [6.07, 6.45) is 7.07. The molecule has 0 bridgehead atoms. The van der Waals surface area contributed by atoms with Gasteiger partial charge in [0.15, 0.2) is 0 Å². The molecule has 0 saturated heterocycles. The van der Waals surface area contributed by atoms with Crippen molar-refractivity contribution in [2.75, 3.05) is 13.2 Å². The van der Waals surface area contributed by atoms with E-state index in [2.05, 4.69) is 5.32 Å². The van der Waals surface area contributed by atoms with Crippen LogP contribution in [0.4, 0.5) is 0 Å². The molecule has 2 atom stereocenters. The van der Waals surface area contributed by atoms with Crippen LogP contribution >= 0.6 is 0 Å². The molecule has 0 spiro atoms. The minimum absolute atomic E-state index is 0.0350. The lowest BCUT2D eigenvalue weighted by Gasteiger charge is -2.36. The average Bonchev–Trinajstić information content (AvgIpc) is 2.96. The van der Waals surface area contributed by atoms with E-state index in [1.165, 1.54) is 6.42 Å². The van der Waals surface area contributed by atoms with Crippen molar-refractivity contribution in [3.63, 3.8) is 0 Å². The molecule has 2 aliphatic carbocycles. The number of carboxylic acid groups (broad SMARTS) is 1. The van der Waals surface area contributed by atoms with Gasteiger partial charge in [-0.25, -0.2) is 0 Å². The summed E-state index contributed by atoms with van der Waals surface area (Å²) in [7, 11) is 0. The molecule has 2 saturated carbocycles. The average molecular weight is 283 g/mol. The molecule has 2 unspecified atom stereocenters. The van der Waals surface area contributed by atoms with E-state index in [-0.39, 0.29) is 29.8 Å². The Hall–Kier alpha value is -1.10. The van der Waals surface area contributed by atoms with Crippen LogP contribution in [0.1, 0.15) is 51.4 Å². The minimum Gasteiger partial charge on any atom is -0.481 e. The number of aliphatic hydroxyl groups excluding tert-OH is 1. The van der Waals surface area contributed by atoms with Gasteiger partial charge in [-0.05, 0) is 32.1 Å². The van der Waals surface area contributed by atoms with Gasteiger partial charge in [0, 0.05) is 17.9 Å². The molecule has 0 radical (unpaired) electrons. The third kappa shape index (κ3) is 3.51. The molecule has 1 amide bonds. The van der Waals surface area contributed by atoms with Crippen LogP contribution in [0, 0.1) is 17.3 Å². The highest BCUT2D eigenvalue weighted by molar-refractivity contribution is 5.80. The topological polar surface area (TPSA) is 86.6 Å². The first-order chi connectivity index (χ1) is 9.56. The Morgan fingerprint density at radius 2 is 1.75 bits per heavy atom. The fraction of sp³-hybridized carbons (Fsp3) is 0.867. The molecule has 0 aromatic rings. The van der Waals surface area contributed by atoms with Gasteiger partial charge in [0.25, 0.3) is 0 Å². The molecule has 20 heavy (non-hydrogen) atoms. The van der Waals surface area contributed by atoms with E-state index in [0.29, 0.717) is 25.8 Å². The van der Waals surface area contributed by atoms with Gasteiger partial charge in [0.1, 0.15) is 0 Å². The van der Waals surface area contributed by atoms with Gasteiger partial charge in [-0.15, -0.1) is 0 Å². The zero-order valence-electron chi connectivity index (χ0n) is 11.9. The monoisotopic (exact) mass is 283 g/mol. The number of nitrogens with one attached hydrogen (secondary N) is 1. The Kier molecular flexibility index (Phi) is 5.02. The first kappa shape index (κ1) is 15.3.